The maximum atomic E-state index is 5.39. The third-order valence-electron chi connectivity index (χ3n) is 2.88. The van der Waals surface area contributed by atoms with Crippen molar-refractivity contribution in [1.29, 1.82) is 0 Å². The molecule has 0 saturated heterocycles. The highest BCUT2D eigenvalue weighted by atomic mass is 16.5. The summed E-state index contributed by atoms with van der Waals surface area (Å²) in [6, 6.07) is 3.69. The third kappa shape index (κ3) is 4.73. The zero-order valence-electron chi connectivity index (χ0n) is 13.4. The van der Waals surface area contributed by atoms with Crippen molar-refractivity contribution in [1.82, 2.24) is 10.6 Å². The van der Waals surface area contributed by atoms with E-state index in [0.29, 0.717) is 18.0 Å². The SMILES string of the molecule is CCNC(=NCc1cc(OC)c(OC)cc1OC)NCC. The van der Waals surface area contributed by atoms with Crippen molar-refractivity contribution in [3.05, 3.63) is 17.7 Å². The Labute approximate surface area is 126 Å². The van der Waals surface area contributed by atoms with E-state index in [0.717, 1.165) is 30.4 Å². The van der Waals surface area contributed by atoms with E-state index in [2.05, 4.69) is 15.6 Å². The van der Waals surface area contributed by atoms with Crippen molar-refractivity contribution < 1.29 is 14.2 Å². The molecule has 118 valence electrons. The predicted octanol–water partition coefficient (Wildman–Crippen LogP) is 1.79. The Morgan fingerprint density at radius 3 is 1.90 bits per heavy atom. The lowest BCUT2D eigenvalue weighted by atomic mass is 10.1. The van der Waals surface area contributed by atoms with E-state index in [-0.39, 0.29) is 0 Å². The van der Waals surface area contributed by atoms with Crippen LogP contribution in [0.3, 0.4) is 0 Å². The van der Waals surface area contributed by atoms with Gasteiger partial charge in [-0.1, -0.05) is 0 Å². The summed E-state index contributed by atoms with van der Waals surface area (Å²) < 4.78 is 16.0. The summed E-state index contributed by atoms with van der Waals surface area (Å²) in [6.45, 7) is 6.18. The highest BCUT2D eigenvalue weighted by molar-refractivity contribution is 5.79. The van der Waals surface area contributed by atoms with Gasteiger partial charge in [-0.05, 0) is 19.9 Å². The molecule has 0 radical (unpaired) electrons. The molecule has 1 aromatic rings. The van der Waals surface area contributed by atoms with Crippen LogP contribution in [-0.4, -0.2) is 40.4 Å². The second kappa shape index (κ2) is 8.94. The molecule has 0 heterocycles. The van der Waals surface area contributed by atoms with Gasteiger partial charge in [-0.2, -0.15) is 0 Å². The fourth-order valence-corrected chi connectivity index (χ4v) is 1.89. The maximum absolute atomic E-state index is 5.39. The minimum Gasteiger partial charge on any atom is -0.496 e. The number of rotatable bonds is 7. The molecule has 1 aromatic carbocycles. The largest absolute Gasteiger partial charge is 0.496 e. The van der Waals surface area contributed by atoms with Gasteiger partial charge < -0.3 is 24.8 Å². The minimum atomic E-state index is 0.485. The molecule has 0 unspecified atom stereocenters. The van der Waals surface area contributed by atoms with Gasteiger partial charge in [-0.25, -0.2) is 4.99 Å². The summed E-state index contributed by atoms with van der Waals surface area (Å²) in [7, 11) is 4.84. The van der Waals surface area contributed by atoms with Crippen molar-refractivity contribution in [2.75, 3.05) is 34.4 Å². The minimum absolute atomic E-state index is 0.485. The second-order valence-electron chi connectivity index (χ2n) is 4.24. The van der Waals surface area contributed by atoms with E-state index in [9.17, 15) is 0 Å². The van der Waals surface area contributed by atoms with Gasteiger partial charge in [0.05, 0.1) is 27.9 Å². The fraction of sp³-hybridized carbons (Fsp3) is 0.533. The molecule has 2 N–H and O–H groups in total. The number of methoxy groups -OCH3 is 3. The summed E-state index contributed by atoms with van der Waals surface area (Å²) in [5, 5.41) is 6.37. The molecule has 0 aliphatic carbocycles. The van der Waals surface area contributed by atoms with Crippen LogP contribution in [0.1, 0.15) is 19.4 Å². The molecule has 0 aliphatic rings. The summed E-state index contributed by atoms with van der Waals surface area (Å²) in [6.07, 6.45) is 0. The predicted molar refractivity (Wildman–Crippen MR) is 84.6 cm³/mol. The molecule has 1 rings (SSSR count). The Morgan fingerprint density at radius 1 is 0.905 bits per heavy atom. The number of ether oxygens (including phenoxy) is 3. The number of hydrogen-bond acceptors (Lipinski definition) is 4. The molecule has 6 heteroatoms. The van der Waals surface area contributed by atoms with Crippen LogP contribution in [0.25, 0.3) is 0 Å². The van der Waals surface area contributed by atoms with Crippen LogP contribution in [0, 0.1) is 0 Å². The lowest BCUT2D eigenvalue weighted by Crippen LogP contribution is -2.36. The van der Waals surface area contributed by atoms with Crippen LogP contribution in [-0.2, 0) is 6.54 Å². The van der Waals surface area contributed by atoms with Crippen molar-refractivity contribution >= 4 is 5.96 Å². The molecular weight excluding hydrogens is 270 g/mol. The normalized spacial score (nSPS) is 9.76. The van der Waals surface area contributed by atoms with E-state index in [1.54, 1.807) is 21.3 Å². The highest BCUT2D eigenvalue weighted by Crippen LogP contribution is 2.34. The molecule has 21 heavy (non-hydrogen) atoms. The molecule has 0 spiro atoms. The number of guanidine groups is 1. The monoisotopic (exact) mass is 295 g/mol. The summed E-state index contributed by atoms with van der Waals surface area (Å²) in [4.78, 5) is 4.53. The van der Waals surface area contributed by atoms with E-state index in [4.69, 9.17) is 14.2 Å². The summed E-state index contributed by atoms with van der Waals surface area (Å²) in [5.41, 5.74) is 0.934. The molecule has 0 bridgehead atoms. The van der Waals surface area contributed by atoms with Gasteiger partial charge in [0.1, 0.15) is 5.75 Å². The highest BCUT2D eigenvalue weighted by Gasteiger charge is 2.11. The fourth-order valence-electron chi connectivity index (χ4n) is 1.89. The van der Waals surface area contributed by atoms with Crippen molar-refractivity contribution in [3.63, 3.8) is 0 Å². The molecular formula is C15H25N3O3. The topological polar surface area (TPSA) is 64.1 Å². The van der Waals surface area contributed by atoms with Gasteiger partial charge in [0.25, 0.3) is 0 Å². The lowest BCUT2D eigenvalue weighted by Gasteiger charge is -2.14. The van der Waals surface area contributed by atoms with Gasteiger partial charge in [0.2, 0.25) is 0 Å². The first-order valence-electron chi connectivity index (χ1n) is 7.01. The molecule has 0 aromatic heterocycles. The van der Waals surface area contributed by atoms with Crippen LogP contribution in [0.2, 0.25) is 0 Å². The number of benzene rings is 1. The molecule has 6 nitrogen and oxygen atoms in total. The van der Waals surface area contributed by atoms with Gasteiger partial charge in [-0.3, -0.25) is 0 Å². The zero-order chi connectivity index (χ0) is 15.7. The van der Waals surface area contributed by atoms with Crippen LogP contribution in [0.5, 0.6) is 17.2 Å². The smallest absolute Gasteiger partial charge is 0.191 e. The standard InChI is InChI=1S/C15H25N3O3/c1-6-16-15(17-7-2)18-10-11-8-13(20-4)14(21-5)9-12(11)19-3/h8-9H,6-7,10H2,1-5H3,(H2,16,17,18). The van der Waals surface area contributed by atoms with Crippen molar-refractivity contribution in [2.45, 2.75) is 20.4 Å². The van der Waals surface area contributed by atoms with Crippen LogP contribution in [0.4, 0.5) is 0 Å². The Morgan fingerprint density at radius 2 is 1.43 bits per heavy atom. The average Bonchev–Trinajstić information content (AvgIpc) is 2.52. The number of hydrogen-bond donors (Lipinski definition) is 2. The lowest BCUT2D eigenvalue weighted by molar-refractivity contribution is 0.347. The summed E-state index contributed by atoms with van der Waals surface area (Å²) >= 11 is 0. The third-order valence-corrected chi connectivity index (χ3v) is 2.88. The molecule has 0 fully saturated rings. The number of aliphatic imine (C=N–C) groups is 1. The molecule has 0 aliphatic heterocycles. The van der Waals surface area contributed by atoms with Gasteiger partial charge >= 0.3 is 0 Å². The van der Waals surface area contributed by atoms with E-state index in [1.807, 2.05) is 26.0 Å². The number of nitrogens with one attached hydrogen (secondary N) is 2. The Bertz CT molecular complexity index is 467. The maximum Gasteiger partial charge on any atom is 0.191 e. The first-order valence-corrected chi connectivity index (χ1v) is 7.01. The van der Waals surface area contributed by atoms with Crippen molar-refractivity contribution in [2.24, 2.45) is 4.99 Å². The average molecular weight is 295 g/mol. The van der Waals surface area contributed by atoms with Crippen LogP contribution < -0.4 is 24.8 Å². The zero-order valence-corrected chi connectivity index (χ0v) is 13.4. The van der Waals surface area contributed by atoms with E-state index in [1.165, 1.54) is 0 Å². The second-order valence-corrected chi connectivity index (χ2v) is 4.24. The Balaban J connectivity index is 3.02. The van der Waals surface area contributed by atoms with Gasteiger partial charge in [0.15, 0.2) is 17.5 Å². The first-order chi connectivity index (χ1) is 10.2. The van der Waals surface area contributed by atoms with Crippen molar-refractivity contribution in [3.8, 4) is 17.2 Å². The van der Waals surface area contributed by atoms with E-state index < -0.39 is 0 Å². The molecule has 0 saturated carbocycles. The van der Waals surface area contributed by atoms with Gasteiger partial charge in [-0.15, -0.1) is 0 Å². The summed E-state index contributed by atoms with van der Waals surface area (Å²) in [5.74, 6) is 2.80. The van der Waals surface area contributed by atoms with Crippen LogP contribution >= 0.6 is 0 Å². The first kappa shape index (κ1) is 16.9. The molecule has 0 atom stereocenters. The Hall–Kier alpha value is -2.11. The van der Waals surface area contributed by atoms with Crippen LogP contribution in [0.15, 0.2) is 17.1 Å². The molecule has 0 amide bonds. The van der Waals surface area contributed by atoms with E-state index >= 15 is 0 Å². The quantitative estimate of drug-likeness (QED) is 0.593. The Kier molecular flexibility index (Phi) is 7.21. The number of nitrogens with zero attached hydrogens (tertiary/aromatic N) is 1. The van der Waals surface area contributed by atoms with Gasteiger partial charge in [0, 0.05) is 24.7 Å².